The summed E-state index contributed by atoms with van der Waals surface area (Å²) in [6, 6.07) is 2.08. The number of rotatable bonds is 4. The standard InChI is InChI=1S/C13H14Cl2N2O3/c1-13(2-3-13)6-16-12(20)17-10-8(14)4-7(11(18)19)5-9(10)15/h4-5H,2-3,6H2,1H3,(H,18,19)(H2,16,17,20). The van der Waals surface area contributed by atoms with Crippen molar-refractivity contribution >= 4 is 40.9 Å². The predicted octanol–water partition coefficient (Wildman–Crippen LogP) is 3.61. The van der Waals surface area contributed by atoms with E-state index in [-0.39, 0.29) is 26.7 Å². The van der Waals surface area contributed by atoms with Crippen LogP contribution in [0.5, 0.6) is 0 Å². The third-order valence-electron chi connectivity index (χ3n) is 3.31. The molecule has 5 nitrogen and oxygen atoms in total. The largest absolute Gasteiger partial charge is 0.478 e. The second-order valence-electron chi connectivity index (χ2n) is 5.24. The first-order valence-corrected chi connectivity index (χ1v) is 6.83. The van der Waals surface area contributed by atoms with Crippen LogP contribution in [0, 0.1) is 5.41 Å². The molecule has 0 aliphatic heterocycles. The Morgan fingerprint density at radius 2 is 1.85 bits per heavy atom. The van der Waals surface area contributed by atoms with Gasteiger partial charge in [0.1, 0.15) is 0 Å². The number of anilines is 1. The highest BCUT2D eigenvalue weighted by Crippen LogP contribution is 2.44. The smallest absolute Gasteiger partial charge is 0.335 e. The fraction of sp³-hybridized carbons (Fsp3) is 0.385. The van der Waals surface area contributed by atoms with E-state index < -0.39 is 12.0 Å². The zero-order valence-corrected chi connectivity index (χ0v) is 12.3. The number of amides is 2. The number of nitrogens with one attached hydrogen (secondary N) is 2. The van der Waals surface area contributed by atoms with Gasteiger partial charge in [-0.3, -0.25) is 0 Å². The molecular weight excluding hydrogens is 303 g/mol. The van der Waals surface area contributed by atoms with E-state index in [0.29, 0.717) is 6.54 Å². The van der Waals surface area contributed by atoms with Crippen LogP contribution in [-0.4, -0.2) is 23.7 Å². The van der Waals surface area contributed by atoms with E-state index in [0.717, 1.165) is 12.8 Å². The van der Waals surface area contributed by atoms with Gasteiger partial charge in [0.2, 0.25) is 0 Å². The molecule has 0 heterocycles. The lowest BCUT2D eigenvalue weighted by Crippen LogP contribution is -2.33. The van der Waals surface area contributed by atoms with Crippen molar-refractivity contribution in [3.05, 3.63) is 27.7 Å². The fourth-order valence-corrected chi connectivity index (χ4v) is 2.24. The Morgan fingerprint density at radius 1 is 1.30 bits per heavy atom. The number of benzene rings is 1. The maximum atomic E-state index is 11.8. The molecule has 1 aliphatic carbocycles. The van der Waals surface area contributed by atoms with Gasteiger partial charge in [0, 0.05) is 6.54 Å². The van der Waals surface area contributed by atoms with E-state index >= 15 is 0 Å². The lowest BCUT2D eigenvalue weighted by Gasteiger charge is -2.13. The first kappa shape index (κ1) is 14.9. The maximum absolute atomic E-state index is 11.8. The quantitative estimate of drug-likeness (QED) is 0.794. The highest BCUT2D eigenvalue weighted by Gasteiger charge is 2.37. The van der Waals surface area contributed by atoms with Crippen molar-refractivity contribution in [2.45, 2.75) is 19.8 Å². The van der Waals surface area contributed by atoms with Gasteiger partial charge in [0.25, 0.3) is 0 Å². The Bertz CT molecular complexity index is 548. The highest BCUT2D eigenvalue weighted by atomic mass is 35.5. The molecule has 0 spiro atoms. The lowest BCUT2D eigenvalue weighted by atomic mass is 10.1. The summed E-state index contributed by atoms with van der Waals surface area (Å²) in [4.78, 5) is 22.6. The van der Waals surface area contributed by atoms with Crippen LogP contribution < -0.4 is 10.6 Å². The third kappa shape index (κ3) is 3.55. The molecule has 1 aliphatic rings. The van der Waals surface area contributed by atoms with Crippen LogP contribution in [0.1, 0.15) is 30.1 Å². The molecule has 0 unspecified atom stereocenters. The van der Waals surface area contributed by atoms with Gasteiger partial charge < -0.3 is 15.7 Å². The SMILES string of the molecule is CC1(CNC(=O)Nc2c(Cl)cc(C(=O)O)cc2Cl)CC1. The zero-order chi connectivity index (χ0) is 14.9. The summed E-state index contributed by atoms with van der Waals surface area (Å²) in [5.74, 6) is -1.13. The molecule has 0 aromatic heterocycles. The second kappa shape index (κ2) is 5.50. The van der Waals surface area contributed by atoms with E-state index in [9.17, 15) is 9.59 Å². The van der Waals surface area contributed by atoms with Crippen LogP contribution in [0.3, 0.4) is 0 Å². The molecule has 108 valence electrons. The number of carbonyl (C=O) groups is 2. The van der Waals surface area contributed by atoms with Gasteiger partial charge in [-0.2, -0.15) is 0 Å². The maximum Gasteiger partial charge on any atom is 0.335 e. The van der Waals surface area contributed by atoms with Gasteiger partial charge >= 0.3 is 12.0 Å². The number of hydrogen-bond acceptors (Lipinski definition) is 2. The van der Waals surface area contributed by atoms with Gasteiger partial charge in [0.15, 0.2) is 0 Å². The van der Waals surface area contributed by atoms with Gasteiger partial charge in [-0.1, -0.05) is 30.1 Å². The Labute approximate surface area is 126 Å². The molecule has 1 fully saturated rings. The number of carboxylic acid groups (broad SMARTS) is 1. The summed E-state index contributed by atoms with van der Waals surface area (Å²) >= 11 is 11.9. The molecule has 0 radical (unpaired) electrons. The normalized spacial score (nSPS) is 15.6. The van der Waals surface area contributed by atoms with Crippen molar-refractivity contribution in [3.8, 4) is 0 Å². The minimum absolute atomic E-state index is 0.0311. The van der Waals surface area contributed by atoms with Crippen LogP contribution in [0.4, 0.5) is 10.5 Å². The molecule has 1 aromatic rings. The molecule has 3 N–H and O–H groups in total. The third-order valence-corrected chi connectivity index (χ3v) is 3.90. The minimum atomic E-state index is -1.13. The Hall–Kier alpha value is -1.46. The number of aromatic carboxylic acids is 1. The molecule has 0 bridgehead atoms. The lowest BCUT2D eigenvalue weighted by molar-refractivity contribution is 0.0697. The molecule has 2 amide bonds. The Morgan fingerprint density at radius 3 is 2.30 bits per heavy atom. The summed E-state index contributed by atoms with van der Waals surface area (Å²) in [6.45, 7) is 2.68. The monoisotopic (exact) mass is 316 g/mol. The van der Waals surface area contributed by atoms with Gasteiger partial charge in [-0.15, -0.1) is 0 Å². The number of urea groups is 1. The van der Waals surface area contributed by atoms with Crippen molar-refractivity contribution < 1.29 is 14.7 Å². The van der Waals surface area contributed by atoms with Gasteiger partial charge in [0.05, 0.1) is 21.3 Å². The number of carbonyl (C=O) groups excluding carboxylic acids is 1. The zero-order valence-electron chi connectivity index (χ0n) is 10.8. The van der Waals surface area contributed by atoms with E-state index in [1.165, 1.54) is 12.1 Å². The van der Waals surface area contributed by atoms with Crippen LogP contribution in [0.25, 0.3) is 0 Å². The van der Waals surface area contributed by atoms with Crippen molar-refractivity contribution in [1.82, 2.24) is 5.32 Å². The fourth-order valence-electron chi connectivity index (χ4n) is 1.66. The van der Waals surface area contributed by atoms with Gasteiger partial charge in [-0.25, -0.2) is 9.59 Å². The summed E-state index contributed by atoms with van der Waals surface area (Å²) in [6.07, 6.45) is 2.20. The van der Waals surface area contributed by atoms with E-state index in [1.54, 1.807) is 0 Å². The predicted molar refractivity (Wildman–Crippen MR) is 77.8 cm³/mol. The van der Waals surface area contributed by atoms with Crippen molar-refractivity contribution in [2.24, 2.45) is 5.41 Å². The summed E-state index contributed by atoms with van der Waals surface area (Å²) < 4.78 is 0. The summed E-state index contributed by atoms with van der Waals surface area (Å²) in [5.41, 5.74) is 0.367. The molecule has 7 heteroatoms. The first-order chi connectivity index (χ1) is 9.31. The molecule has 1 saturated carbocycles. The Kier molecular flexibility index (Phi) is 4.11. The second-order valence-corrected chi connectivity index (χ2v) is 6.05. The topological polar surface area (TPSA) is 78.4 Å². The molecule has 20 heavy (non-hydrogen) atoms. The average molecular weight is 317 g/mol. The van der Waals surface area contributed by atoms with Crippen molar-refractivity contribution in [3.63, 3.8) is 0 Å². The number of hydrogen-bond donors (Lipinski definition) is 3. The molecule has 2 rings (SSSR count). The molecule has 1 aromatic carbocycles. The summed E-state index contributed by atoms with van der Waals surface area (Å²) in [7, 11) is 0. The summed E-state index contributed by atoms with van der Waals surface area (Å²) in [5, 5.41) is 14.3. The van der Waals surface area contributed by atoms with E-state index in [1.807, 2.05) is 0 Å². The molecule has 0 saturated heterocycles. The van der Waals surface area contributed by atoms with Crippen LogP contribution in [0.15, 0.2) is 12.1 Å². The molecule has 0 atom stereocenters. The van der Waals surface area contributed by atoms with Crippen LogP contribution in [-0.2, 0) is 0 Å². The van der Waals surface area contributed by atoms with Crippen LogP contribution >= 0.6 is 23.2 Å². The van der Waals surface area contributed by atoms with Crippen molar-refractivity contribution in [1.29, 1.82) is 0 Å². The average Bonchev–Trinajstić information content (AvgIpc) is 3.09. The number of carboxylic acids is 1. The van der Waals surface area contributed by atoms with Crippen molar-refractivity contribution in [2.75, 3.05) is 11.9 Å². The number of halogens is 2. The Balaban J connectivity index is 2.05. The van der Waals surface area contributed by atoms with E-state index in [2.05, 4.69) is 17.6 Å². The minimum Gasteiger partial charge on any atom is -0.478 e. The van der Waals surface area contributed by atoms with Gasteiger partial charge in [-0.05, 0) is 30.4 Å². The van der Waals surface area contributed by atoms with E-state index in [4.69, 9.17) is 28.3 Å². The highest BCUT2D eigenvalue weighted by molar-refractivity contribution is 6.40. The van der Waals surface area contributed by atoms with Crippen LogP contribution in [0.2, 0.25) is 10.0 Å². The first-order valence-electron chi connectivity index (χ1n) is 6.08. The molecular formula is C13H14Cl2N2O3.